The minimum absolute atomic E-state index is 0.427. The van der Waals surface area contributed by atoms with Crippen LogP contribution < -0.4 is 0 Å². The van der Waals surface area contributed by atoms with Crippen LogP contribution in [-0.4, -0.2) is 24.5 Å². The molecule has 0 bridgehead atoms. The van der Waals surface area contributed by atoms with Crippen LogP contribution in [0.2, 0.25) is 0 Å². The Balaban J connectivity index is 1.91. The SMILES string of the molecule is CC(CN=[N+]=[N-])CN1CCc2ccccc2C1. The summed E-state index contributed by atoms with van der Waals surface area (Å²) >= 11 is 0. The number of hydrogen-bond acceptors (Lipinski definition) is 2. The van der Waals surface area contributed by atoms with Crippen molar-refractivity contribution in [2.75, 3.05) is 19.6 Å². The summed E-state index contributed by atoms with van der Waals surface area (Å²) in [5.74, 6) is 0.427. The molecule has 0 aromatic heterocycles. The Morgan fingerprint density at radius 1 is 1.41 bits per heavy atom. The van der Waals surface area contributed by atoms with Crippen LogP contribution in [0.4, 0.5) is 0 Å². The van der Waals surface area contributed by atoms with Crippen molar-refractivity contribution in [1.29, 1.82) is 0 Å². The second kappa shape index (κ2) is 5.71. The van der Waals surface area contributed by atoms with E-state index in [1.165, 1.54) is 11.1 Å². The van der Waals surface area contributed by atoms with Gasteiger partial charge in [0.25, 0.3) is 0 Å². The molecule has 1 heterocycles. The van der Waals surface area contributed by atoms with Gasteiger partial charge in [-0.3, -0.25) is 4.90 Å². The first kappa shape index (κ1) is 12.0. The van der Waals surface area contributed by atoms with Crippen molar-refractivity contribution in [2.45, 2.75) is 19.9 Å². The zero-order valence-electron chi connectivity index (χ0n) is 10.2. The summed E-state index contributed by atoms with van der Waals surface area (Å²) in [6.07, 6.45) is 1.13. The molecule has 0 N–H and O–H groups in total. The predicted molar refractivity (Wildman–Crippen MR) is 68.6 cm³/mol. The first-order chi connectivity index (χ1) is 8.29. The Morgan fingerprint density at radius 2 is 2.18 bits per heavy atom. The maximum Gasteiger partial charge on any atom is 0.0295 e. The van der Waals surface area contributed by atoms with Crippen LogP contribution in [0.1, 0.15) is 18.1 Å². The molecular formula is C13H18N4. The Morgan fingerprint density at radius 3 is 2.94 bits per heavy atom. The van der Waals surface area contributed by atoms with Crippen molar-refractivity contribution >= 4 is 0 Å². The fourth-order valence-corrected chi connectivity index (χ4v) is 2.38. The molecule has 0 aliphatic carbocycles. The number of fused-ring (bicyclic) bond motifs is 1. The molecule has 1 aromatic rings. The van der Waals surface area contributed by atoms with Crippen LogP contribution in [0.3, 0.4) is 0 Å². The lowest BCUT2D eigenvalue weighted by atomic mass is 9.99. The van der Waals surface area contributed by atoms with E-state index in [9.17, 15) is 0 Å². The van der Waals surface area contributed by atoms with Crippen molar-refractivity contribution in [1.82, 2.24) is 4.90 Å². The third kappa shape index (κ3) is 3.22. The Kier molecular flexibility index (Phi) is 4.02. The molecule has 0 fully saturated rings. The molecule has 0 saturated heterocycles. The molecule has 1 aliphatic heterocycles. The normalized spacial score (nSPS) is 17.0. The van der Waals surface area contributed by atoms with E-state index in [4.69, 9.17) is 5.53 Å². The summed E-state index contributed by atoms with van der Waals surface area (Å²) in [7, 11) is 0. The average molecular weight is 230 g/mol. The first-order valence-corrected chi connectivity index (χ1v) is 6.09. The highest BCUT2D eigenvalue weighted by molar-refractivity contribution is 5.28. The number of azide groups is 1. The molecule has 0 radical (unpaired) electrons. The fourth-order valence-electron chi connectivity index (χ4n) is 2.38. The molecular weight excluding hydrogens is 212 g/mol. The smallest absolute Gasteiger partial charge is 0.0295 e. The highest BCUT2D eigenvalue weighted by Crippen LogP contribution is 2.19. The van der Waals surface area contributed by atoms with E-state index in [1.54, 1.807) is 0 Å². The van der Waals surface area contributed by atoms with E-state index in [2.05, 4.69) is 46.1 Å². The molecule has 0 amide bonds. The van der Waals surface area contributed by atoms with Crippen LogP contribution in [0.25, 0.3) is 10.4 Å². The van der Waals surface area contributed by atoms with Crippen LogP contribution in [-0.2, 0) is 13.0 Å². The van der Waals surface area contributed by atoms with Gasteiger partial charge in [0.05, 0.1) is 0 Å². The highest BCUT2D eigenvalue weighted by atomic mass is 15.2. The highest BCUT2D eigenvalue weighted by Gasteiger charge is 2.16. The van der Waals surface area contributed by atoms with Gasteiger partial charge in [0, 0.05) is 31.1 Å². The van der Waals surface area contributed by atoms with Crippen molar-refractivity contribution in [2.24, 2.45) is 11.0 Å². The molecule has 1 aliphatic rings. The lowest BCUT2D eigenvalue weighted by molar-refractivity contribution is 0.222. The Bertz CT molecular complexity index is 423. The standard InChI is InChI=1S/C13H18N4/c1-11(8-15-16-14)9-17-7-6-12-4-2-3-5-13(12)10-17/h2-5,11H,6-10H2,1H3. The van der Waals surface area contributed by atoms with Crippen LogP contribution >= 0.6 is 0 Å². The summed E-state index contributed by atoms with van der Waals surface area (Å²) in [6, 6.07) is 8.64. The quantitative estimate of drug-likeness (QED) is 0.445. The largest absolute Gasteiger partial charge is 0.298 e. The molecule has 17 heavy (non-hydrogen) atoms. The molecule has 0 spiro atoms. The summed E-state index contributed by atoms with van der Waals surface area (Å²) in [5.41, 5.74) is 11.2. The number of nitrogens with zero attached hydrogens (tertiary/aromatic N) is 4. The van der Waals surface area contributed by atoms with Gasteiger partial charge in [0.2, 0.25) is 0 Å². The van der Waals surface area contributed by atoms with E-state index in [0.717, 1.165) is 26.1 Å². The van der Waals surface area contributed by atoms with Crippen LogP contribution in [0.5, 0.6) is 0 Å². The van der Waals surface area contributed by atoms with Gasteiger partial charge in [-0.2, -0.15) is 0 Å². The summed E-state index contributed by atoms with van der Waals surface area (Å²) in [6.45, 7) is 5.87. The molecule has 1 atom stereocenters. The van der Waals surface area contributed by atoms with Gasteiger partial charge < -0.3 is 0 Å². The predicted octanol–water partition coefficient (Wildman–Crippen LogP) is 2.99. The van der Waals surface area contributed by atoms with Gasteiger partial charge in [0.1, 0.15) is 0 Å². The van der Waals surface area contributed by atoms with Crippen LogP contribution in [0.15, 0.2) is 29.4 Å². The minimum atomic E-state index is 0.427. The second-order valence-electron chi connectivity index (χ2n) is 4.77. The maximum atomic E-state index is 8.30. The van der Waals surface area contributed by atoms with E-state index >= 15 is 0 Å². The van der Waals surface area contributed by atoms with Gasteiger partial charge in [-0.1, -0.05) is 36.3 Å². The van der Waals surface area contributed by atoms with Gasteiger partial charge >= 0.3 is 0 Å². The summed E-state index contributed by atoms with van der Waals surface area (Å²) in [4.78, 5) is 5.26. The topological polar surface area (TPSA) is 52.0 Å². The average Bonchev–Trinajstić information content (AvgIpc) is 2.36. The monoisotopic (exact) mass is 230 g/mol. The van der Waals surface area contributed by atoms with Crippen molar-refractivity contribution in [3.8, 4) is 0 Å². The zero-order valence-corrected chi connectivity index (χ0v) is 10.2. The third-order valence-electron chi connectivity index (χ3n) is 3.24. The van der Waals surface area contributed by atoms with Gasteiger partial charge in [-0.15, -0.1) is 0 Å². The lowest BCUT2D eigenvalue weighted by Gasteiger charge is -2.30. The number of benzene rings is 1. The van der Waals surface area contributed by atoms with Crippen molar-refractivity contribution in [3.05, 3.63) is 45.8 Å². The van der Waals surface area contributed by atoms with Crippen LogP contribution in [0, 0.1) is 5.92 Å². The first-order valence-electron chi connectivity index (χ1n) is 6.09. The molecule has 90 valence electrons. The van der Waals surface area contributed by atoms with Crippen molar-refractivity contribution < 1.29 is 0 Å². The number of rotatable bonds is 4. The van der Waals surface area contributed by atoms with E-state index in [1.807, 2.05) is 0 Å². The van der Waals surface area contributed by atoms with E-state index in [-0.39, 0.29) is 0 Å². The van der Waals surface area contributed by atoms with E-state index < -0.39 is 0 Å². The van der Waals surface area contributed by atoms with Gasteiger partial charge in [-0.05, 0) is 29.0 Å². The van der Waals surface area contributed by atoms with Gasteiger partial charge in [-0.25, -0.2) is 0 Å². The summed E-state index contributed by atoms with van der Waals surface area (Å²) < 4.78 is 0. The molecule has 0 saturated carbocycles. The molecule has 2 rings (SSSR count). The molecule has 1 unspecified atom stereocenters. The fraction of sp³-hybridized carbons (Fsp3) is 0.538. The van der Waals surface area contributed by atoms with Gasteiger partial charge in [0.15, 0.2) is 0 Å². The molecule has 1 aromatic carbocycles. The third-order valence-corrected chi connectivity index (χ3v) is 3.24. The Labute approximate surface area is 102 Å². The zero-order chi connectivity index (χ0) is 12.1. The molecule has 4 nitrogen and oxygen atoms in total. The maximum absolute atomic E-state index is 8.30. The van der Waals surface area contributed by atoms with Crippen molar-refractivity contribution in [3.63, 3.8) is 0 Å². The Hall–Kier alpha value is -1.51. The lowest BCUT2D eigenvalue weighted by Crippen LogP contribution is -2.34. The molecule has 4 heteroatoms. The second-order valence-corrected chi connectivity index (χ2v) is 4.77. The van der Waals surface area contributed by atoms with E-state index in [0.29, 0.717) is 12.5 Å². The minimum Gasteiger partial charge on any atom is -0.298 e. The summed E-state index contributed by atoms with van der Waals surface area (Å²) in [5, 5.41) is 3.64. The number of hydrogen-bond donors (Lipinski definition) is 0.